The van der Waals surface area contributed by atoms with Crippen LogP contribution in [0.5, 0.6) is 0 Å². The zero-order valence-electron chi connectivity index (χ0n) is 9.10. The Morgan fingerprint density at radius 3 is 2.47 bits per heavy atom. The molecule has 0 spiro atoms. The summed E-state index contributed by atoms with van der Waals surface area (Å²) in [6, 6.07) is 2.36. The van der Waals surface area contributed by atoms with Crippen molar-refractivity contribution in [3.63, 3.8) is 0 Å². The third-order valence-electron chi connectivity index (χ3n) is 2.27. The molecule has 0 bridgehead atoms. The van der Waals surface area contributed by atoms with Crippen molar-refractivity contribution in [2.24, 2.45) is 0 Å². The lowest BCUT2D eigenvalue weighted by Crippen LogP contribution is -2.20. The van der Waals surface area contributed by atoms with E-state index < -0.39 is 40.2 Å². The van der Waals surface area contributed by atoms with E-state index in [0.29, 0.717) is 10.7 Å². The smallest absolute Gasteiger partial charge is 0.360 e. The number of halogens is 3. The molecule has 1 aromatic heterocycles. The lowest BCUT2D eigenvalue weighted by atomic mass is 10.3. The lowest BCUT2D eigenvalue weighted by molar-refractivity contribution is 0.0686. The maximum absolute atomic E-state index is 13.5. The van der Waals surface area contributed by atoms with Crippen molar-refractivity contribution in [3.05, 3.63) is 57.8 Å². The number of carboxylic acids is 1. The first-order valence-corrected chi connectivity index (χ1v) is 4.89. The van der Waals surface area contributed by atoms with Gasteiger partial charge in [0.2, 0.25) is 11.1 Å². The maximum atomic E-state index is 13.5. The molecular weight excluding hydrogens is 265 g/mol. The Kier molecular flexibility index (Phi) is 3.07. The van der Waals surface area contributed by atoms with Gasteiger partial charge in [0.15, 0.2) is 17.5 Å². The van der Waals surface area contributed by atoms with Crippen LogP contribution in [0.25, 0.3) is 5.69 Å². The molecule has 0 aliphatic heterocycles. The first kappa shape index (κ1) is 12.8. The van der Waals surface area contributed by atoms with E-state index in [1.807, 2.05) is 0 Å². The van der Waals surface area contributed by atoms with Gasteiger partial charge in [0.25, 0.3) is 0 Å². The van der Waals surface area contributed by atoms with Gasteiger partial charge < -0.3 is 5.11 Å². The second-order valence-corrected chi connectivity index (χ2v) is 3.47. The van der Waals surface area contributed by atoms with E-state index in [2.05, 4.69) is 5.10 Å². The van der Waals surface area contributed by atoms with Crippen molar-refractivity contribution in [3.8, 4) is 5.69 Å². The minimum Gasteiger partial charge on any atom is -0.476 e. The van der Waals surface area contributed by atoms with Gasteiger partial charge in [-0.15, -0.1) is 0 Å². The third-order valence-corrected chi connectivity index (χ3v) is 2.27. The van der Waals surface area contributed by atoms with Crippen molar-refractivity contribution in [2.45, 2.75) is 0 Å². The van der Waals surface area contributed by atoms with E-state index >= 15 is 0 Å². The first-order chi connectivity index (χ1) is 8.91. The minimum absolute atomic E-state index is 0.513. The fraction of sp³-hybridized carbons (Fsp3) is 0. The Labute approximate surface area is 103 Å². The molecule has 19 heavy (non-hydrogen) atoms. The molecule has 5 nitrogen and oxygen atoms in total. The molecule has 0 saturated carbocycles. The van der Waals surface area contributed by atoms with Gasteiger partial charge in [0.05, 0.1) is 0 Å². The van der Waals surface area contributed by atoms with Crippen LogP contribution in [0.1, 0.15) is 10.5 Å². The molecule has 8 heteroatoms. The molecule has 98 valence electrons. The molecule has 1 N–H and O–H groups in total. The fourth-order valence-corrected chi connectivity index (χ4v) is 1.38. The normalized spacial score (nSPS) is 10.5. The number of benzene rings is 1. The number of aromatic nitrogens is 2. The van der Waals surface area contributed by atoms with Crippen LogP contribution in [0.15, 0.2) is 29.2 Å². The summed E-state index contributed by atoms with van der Waals surface area (Å²) in [5.74, 6) is -6.24. The van der Waals surface area contributed by atoms with Gasteiger partial charge in [-0.05, 0) is 12.1 Å². The summed E-state index contributed by atoms with van der Waals surface area (Å²) in [5.41, 5.74) is -2.25. The fourth-order valence-electron chi connectivity index (χ4n) is 1.38. The van der Waals surface area contributed by atoms with Gasteiger partial charge in [-0.2, -0.15) is 5.10 Å². The van der Waals surface area contributed by atoms with Gasteiger partial charge in [-0.3, -0.25) is 4.79 Å². The third kappa shape index (κ3) is 2.19. The molecule has 0 atom stereocenters. The Balaban J connectivity index is 2.67. The molecule has 0 radical (unpaired) electrons. The summed E-state index contributed by atoms with van der Waals surface area (Å²) in [6.45, 7) is 0. The first-order valence-electron chi connectivity index (χ1n) is 4.89. The van der Waals surface area contributed by atoms with Gasteiger partial charge in [0, 0.05) is 12.3 Å². The van der Waals surface area contributed by atoms with Crippen molar-refractivity contribution in [1.29, 1.82) is 0 Å². The summed E-state index contributed by atoms with van der Waals surface area (Å²) in [4.78, 5) is 21.9. The maximum Gasteiger partial charge on any atom is 0.360 e. The van der Waals surface area contributed by atoms with E-state index in [1.165, 1.54) is 0 Å². The van der Waals surface area contributed by atoms with Crippen LogP contribution < -0.4 is 5.43 Å². The van der Waals surface area contributed by atoms with Gasteiger partial charge >= 0.3 is 5.97 Å². The van der Waals surface area contributed by atoms with Crippen LogP contribution in [0.3, 0.4) is 0 Å². The van der Waals surface area contributed by atoms with Crippen LogP contribution in [0.4, 0.5) is 13.2 Å². The molecule has 0 unspecified atom stereocenters. The monoisotopic (exact) mass is 270 g/mol. The zero-order valence-corrected chi connectivity index (χ0v) is 9.10. The zero-order chi connectivity index (χ0) is 14.2. The molecule has 2 aromatic rings. The van der Waals surface area contributed by atoms with Crippen molar-refractivity contribution >= 4 is 5.97 Å². The molecular formula is C11H5F3N2O3. The summed E-state index contributed by atoms with van der Waals surface area (Å²) in [7, 11) is 0. The highest BCUT2D eigenvalue weighted by molar-refractivity contribution is 5.84. The highest BCUT2D eigenvalue weighted by Crippen LogP contribution is 2.17. The highest BCUT2D eigenvalue weighted by atomic mass is 19.2. The van der Waals surface area contributed by atoms with Gasteiger partial charge in [0.1, 0.15) is 5.69 Å². The quantitative estimate of drug-likeness (QED) is 0.836. The Morgan fingerprint density at radius 2 is 1.84 bits per heavy atom. The number of aromatic carboxylic acids is 1. The van der Waals surface area contributed by atoms with E-state index in [0.717, 1.165) is 18.3 Å². The Bertz CT molecular complexity index is 728. The second kappa shape index (κ2) is 4.56. The summed E-state index contributed by atoms with van der Waals surface area (Å²) in [5, 5.41) is 12.1. The average molecular weight is 270 g/mol. The minimum atomic E-state index is -1.71. The van der Waals surface area contributed by atoms with Crippen LogP contribution in [-0.4, -0.2) is 20.9 Å². The molecule has 1 heterocycles. The summed E-state index contributed by atoms with van der Waals surface area (Å²) >= 11 is 0. The van der Waals surface area contributed by atoms with Gasteiger partial charge in [-0.25, -0.2) is 22.6 Å². The SMILES string of the molecule is O=C(O)c1nn(-c2ccc(F)c(F)c2F)ccc1=O. The molecule has 0 aliphatic carbocycles. The molecule has 0 amide bonds. The molecule has 0 fully saturated rings. The van der Waals surface area contributed by atoms with Crippen molar-refractivity contribution < 1.29 is 23.1 Å². The number of hydrogen-bond acceptors (Lipinski definition) is 3. The van der Waals surface area contributed by atoms with Crippen molar-refractivity contribution in [1.82, 2.24) is 9.78 Å². The summed E-state index contributed by atoms with van der Waals surface area (Å²) < 4.78 is 39.9. The predicted molar refractivity (Wildman–Crippen MR) is 56.7 cm³/mol. The van der Waals surface area contributed by atoms with Crippen LogP contribution >= 0.6 is 0 Å². The second-order valence-electron chi connectivity index (χ2n) is 3.47. The molecule has 0 saturated heterocycles. The van der Waals surface area contributed by atoms with Crippen LogP contribution in [-0.2, 0) is 0 Å². The topological polar surface area (TPSA) is 72.2 Å². The van der Waals surface area contributed by atoms with E-state index in [9.17, 15) is 22.8 Å². The largest absolute Gasteiger partial charge is 0.476 e. The van der Waals surface area contributed by atoms with E-state index in [-0.39, 0.29) is 0 Å². The highest BCUT2D eigenvalue weighted by Gasteiger charge is 2.17. The van der Waals surface area contributed by atoms with Crippen LogP contribution in [0, 0.1) is 17.5 Å². The molecule has 2 rings (SSSR count). The average Bonchev–Trinajstić information content (AvgIpc) is 2.37. The van der Waals surface area contributed by atoms with Crippen LogP contribution in [0.2, 0.25) is 0 Å². The van der Waals surface area contributed by atoms with E-state index in [4.69, 9.17) is 5.11 Å². The number of carbonyl (C=O) groups is 1. The molecule has 0 aliphatic rings. The number of rotatable bonds is 2. The Hall–Kier alpha value is -2.64. The number of carboxylic acid groups (broad SMARTS) is 1. The summed E-state index contributed by atoms with van der Waals surface area (Å²) in [6.07, 6.45) is 0.949. The number of hydrogen-bond donors (Lipinski definition) is 1. The van der Waals surface area contributed by atoms with Crippen molar-refractivity contribution in [2.75, 3.05) is 0 Å². The standard InChI is InChI=1S/C11H5F3N2O3/c12-5-1-2-6(9(14)8(5)13)16-4-3-7(17)10(15-16)11(18)19/h1-4H,(H,18,19). The van der Waals surface area contributed by atoms with E-state index in [1.54, 1.807) is 0 Å². The van der Waals surface area contributed by atoms with Gasteiger partial charge in [-0.1, -0.05) is 0 Å². The number of nitrogens with zero attached hydrogens (tertiary/aromatic N) is 2. The lowest BCUT2D eigenvalue weighted by Gasteiger charge is -2.07. The molecule has 1 aromatic carbocycles. The Morgan fingerprint density at radius 1 is 1.16 bits per heavy atom. The predicted octanol–water partition coefficient (Wildman–Crippen LogP) is 1.35.